The first kappa shape index (κ1) is 28.1. The number of nitrogens with one attached hydrogen (secondary N) is 2. The summed E-state index contributed by atoms with van der Waals surface area (Å²) in [6, 6.07) is 10.8. The number of primary amides is 1. The zero-order valence-corrected chi connectivity index (χ0v) is 20.5. The van der Waals surface area contributed by atoms with Crippen molar-refractivity contribution in [2.24, 2.45) is 11.7 Å². The minimum atomic E-state index is -4.00. The average Bonchev–Trinajstić information content (AvgIpc) is 3.21. The Balaban J connectivity index is 0.000000255. The Labute approximate surface area is 206 Å². The largest absolute Gasteiger partial charge is 0.386 e. The lowest BCUT2D eigenvalue weighted by atomic mass is 9.99. The molecule has 0 atom stereocenters. The number of amides is 1. The number of piperidine rings is 1. The molecule has 1 aliphatic heterocycles. The zero-order valence-electron chi connectivity index (χ0n) is 19.7. The van der Waals surface area contributed by atoms with Crippen LogP contribution in [0, 0.1) is 5.92 Å². The van der Waals surface area contributed by atoms with Crippen molar-refractivity contribution >= 4 is 40.5 Å². The van der Waals surface area contributed by atoms with Crippen LogP contribution < -0.4 is 11.1 Å². The summed E-state index contributed by atoms with van der Waals surface area (Å²) in [7, 11) is 3.91. The number of aldehydes is 1. The summed E-state index contributed by atoms with van der Waals surface area (Å²) in [4.78, 5) is 23.8. The molecule has 0 radical (unpaired) electrons. The maximum absolute atomic E-state index is 11.3. The molecule has 2 heterocycles. The first-order chi connectivity index (χ1) is 16.4. The fourth-order valence-electron chi connectivity index (χ4n) is 3.44. The van der Waals surface area contributed by atoms with E-state index in [1.54, 1.807) is 18.2 Å². The lowest BCUT2D eigenvalue weighted by Gasteiger charge is -2.25. The molecule has 1 aromatic heterocycles. The number of aromatic amines is 1. The van der Waals surface area contributed by atoms with Crippen molar-refractivity contribution in [3.8, 4) is 11.1 Å². The molecule has 0 unspecified atom stereocenters. The van der Waals surface area contributed by atoms with E-state index in [1.807, 2.05) is 25.2 Å². The second-order valence-corrected chi connectivity index (χ2v) is 8.61. The molecular formula is C24H29ClF3N5O2. The van der Waals surface area contributed by atoms with Crippen LogP contribution in [0.25, 0.3) is 22.0 Å². The van der Waals surface area contributed by atoms with Crippen LogP contribution in [0.5, 0.6) is 0 Å². The number of alkyl halides is 3. The number of hydrogen-bond donors (Lipinski definition) is 3. The second kappa shape index (κ2) is 12.6. The van der Waals surface area contributed by atoms with Crippen LogP contribution in [0.2, 0.25) is 5.02 Å². The fraction of sp³-hybridized carbons (Fsp3) is 0.375. The third kappa shape index (κ3) is 8.88. The maximum Gasteiger partial charge on any atom is 0.386 e. The number of carbonyl (C=O) groups excluding carboxylic acids is 2. The van der Waals surface area contributed by atoms with Gasteiger partial charge in [-0.2, -0.15) is 18.3 Å². The molecule has 190 valence electrons. The number of benzene rings is 2. The summed E-state index contributed by atoms with van der Waals surface area (Å²) in [5, 5.41) is 11.7. The van der Waals surface area contributed by atoms with Gasteiger partial charge in [-0.3, -0.25) is 9.89 Å². The van der Waals surface area contributed by atoms with E-state index in [4.69, 9.17) is 17.3 Å². The van der Waals surface area contributed by atoms with Crippen LogP contribution in [0.3, 0.4) is 0 Å². The molecule has 4 N–H and O–H groups in total. The third-order valence-corrected chi connectivity index (χ3v) is 5.65. The Morgan fingerprint density at radius 3 is 2.40 bits per heavy atom. The molecule has 4 rings (SSSR count). The van der Waals surface area contributed by atoms with Gasteiger partial charge in [0, 0.05) is 41.4 Å². The molecule has 7 nitrogen and oxygen atoms in total. The van der Waals surface area contributed by atoms with E-state index in [2.05, 4.69) is 27.5 Å². The molecule has 0 saturated carbocycles. The normalized spacial score (nSPS) is 14.4. The van der Waals surface area contributed by atoms with Crippen molar-refractivity contribution in [3.05, 3.63) is 47.0 Å². The van der Waals surface area contributed by atoms with Gasteiger partial charge in [0.15, 0.2) is 5.82 Å². The molecule has 1 aliphatic rings. The van der Waals surface area contributed by atoms with E-state index in [0.717, 1.165) is 60.1 Å². The molecule has 3 aromatic rings. The topological polar surface area (TPSA) is 104 Å². The van der Waals surface area contributed by atoms with Gasteiger partial charge >= 0.3 is 6.18 Å². The predicted molar refractivity (Wildman–Crippen MR) is 133 cm³/mol. The van der Waals surface area contributed by atoms with Gasteiger partial charge in [-0.05, 0) is 68.9 Å². The minimum absolute atomic E-state index is 0.188. The van der Waals surface area contributed by atoms with Crippen molar-refractivity contribution in [2.45, 2.75) is 25.9 Å². The Kier molecular flexibility index (Phi) is 10.1. The summed E-state index contributed by atoms with van der Waals surface area (Å²) in [5.41, 5.74) is 8.33. The van der Waals surface area contributed by atoms with Crippen LogP contribution in [0.4, 0.5) is 19.0 Å². The third-order valence-electron chi connectivity index (χ3n) is 5.32. The number of halogens is 4. The molecule has 0 bridgehead atoms. The van der Waals surface area contributed by atoms with Gasteiger partial charge in [0.05, 0.1) is 5.52 Å². The lowest BCUT2D eigenvalue weighted by Crippen LogP contribution is -2.30. The molecule has 1 amide bonds. The SMILES string of the molecule is CC(F)(F)F.CN1CCC(C=O)CC1.CNc1n[nH]c2ccc(-c3cc(C(N)=O)ccc3Cl)cc12. The van der Waals surface area contributed by atoms with Crippen LogP contribution in [0.1, 0.15) is 30.1 Å². The molecule has 1 saturated heterocycles. The maximum atomic E-state index is 11.3. The van der Waals surface area contributed by atoms with Crippen molar-refractivity contribution in [3.63, 3.8) is 0 Å². The smallest absolute Gasteiger partial charge is 0.371 e. The van der Waals surface area contributed by atoms with Crippen molar-refractivity contribution in [2.75, 3.05) is 32.5 Å². The molecule has 11 heteroatoms. The van der Waals surface area contributed by atoms with Crippen LogP contribution >= 0.6 is 11.6 Å². The minimum Gasteiger partial charge on any atom is -0.371 e. The lowest BCUT2D eigenvalue weighted by molar-refractivity contribution is -0.112. The van der Waals surface area contributed by atoms with E-state index < -0.39 is 12.1 Å². The quantitative estimate of drug-likeness (QED) is 0.422. The van der Waals surface area contributed by atoms with E-state index >= 15 is 0 Å². The standard InChI is InChI=1S/C15H13ClN4O.C7H13NO.C2H3F3/c1-18-15-11-6-8(3-5-13(11)19-20-15)10-7-9(14(17)21)2-4-12(10)16;1-8-4-2-7(6-9)3-5-8;1-2(3,4)5/h2-7H,1H3,(H2,17,21)(H2,18,19,20);6-7H,2-5H2,1H3;1H3. The Bertz CT molecular complexity index is 1140. The van der Waals surface area contributed by atoms with Crippen molar-refractivity contribution in [1.82, 2.24) is 15.1 Å². The predicted octanol–water partition coefficient (Wildman–Crippen LogP) is 5.12. The van der Waals surface area contributed by atoms with Gasteiger partial charge in [0.1, 0.15) is 6.29 Å². The number of nitrogens with two attached hydrogens (primary N) is 1. The van der Waals surface area contributed by atoms with Gasteiger partial charge in [-0.25, -0.2) is 0 Å². The monoisotopic (exact) mass is 511 g/mol. The summed E-state index contributed by atoms with van der Waals surface area (Å²) < 4.78 is 31.1. The van der Waals surface area contributed by atoms with Crippen molar-refractivity contribution < 1.29 is 22.8 Å². The number of H-pyrrole nitrogens is 1. The van der Waals surface area contributed by atoms with Crippen LogP contribution in [-0.2, 0) is 4.79 Å². The van der Waals surface area contributed by atoms with Gasteiger partial charge < -0.3 is 20.7 Å². The highest BCUT2D eigenvalue weighted by Crippen LogP contribution is 2.32. The van der Waals surface area contributed by atoms with Gasteiger partial charge in [-0.15, -0.1) is 0 Å². The molecule has 0 aliphatic carbocycles. The summed E-state index contributed by atoms with van der Waals surface area (Å²) in [6.45, 7) is 2.36. The molecule has 1 fully saturated rings. The Morgan fingerprint density at radius 1 is 1.23 bits per heavy atom. The summed E-state index contributed by atoms with van der Waals surface area (Å²) in [6.07, 6.45) is -0.799. The summed E-state index contributed by atoms with van der Waals surface area (Å²) in [5.74, 6) is 0.628. The number of hydrogen-bond acceptors (Lipinski definition) is 5. The molecule has 2 aromatic carbocycles. The highest BCUT2D eigenvalue weighted by Gasteiger charge is 2.16. The Morgan fingerprint density at radius 2 is 1.86 bits per heavy atom. The average molecular weight is 512 g/mol. The first-order valence-corrected chi connectivity index (χ1v) is 11.3. The number of likely N-dealkylation sites (tertiary alicyclic amines) is 1. The molecular weight excluding hydrogens is 483 g/mol. The Hall–Kier alpha value is -3.11. The van der Waals surface area contributed by atoms with Crippen LogP contribution in [0.15, 0.2) is 36.4 Å². The number of nitrogens with zero attached hydrogens (tertiary/aromatic N) is 2. The molecule has 35 heavy (non-hydrogen) atoms. The highest BCUT2D eigenvalue weighted by atomic mass is 35.5. The van der Waals surface area contributed by atoms with E-state index in [1.165, 1.54) is 0 Å². The molecule has 0 spiro atoms. The first-order valence-electron chi connectivity index (χ1n) is 10.9. The number of anilines is 1. The van der Waals surface area contributed by atoms with Crippen molar-refractivity contribution in [1.29, 1.82) is 0 Å². The highest BCUT2D eigenvalue weighted by molar-refractivity contribution is 6.33. The van der Waals surface area contributed by atoms with Crippen LogP contribution in [-0.4, -0.2) is 60.7 Å². The van der Waals surface area contributed by atoms with Gasteiger partial charge in [0.25, 0.3) is 0 Å². The van der Waals surface area contributed by atoms with E-state index in [9.17, 15) is 22.8 Å². The van der Waals surface area contributed by atoms with Gasteiger partial charge in [0.2, 0.25) is 5.91 Å². The zero-order chi connectivity index (χ0) is 26.2. The van der Waals surface area contributed by atoms with E-state index in [-0.39, 0.29) is 6.92 Å². The fourth-order valence-corrected chi connectivity index (χ4v) is 3.66. The van der Waals surface area contributed by atoms with E-state index in [0.29, 0.717) is 16.5 Å². The van der Waals surface area contributed by atoms with Gasteiger partial charge in [-0.1, -0.05) is 17.7 Å². The second-order valence-electron chi connectivity index (χ2n) is 8.20. The number of aromatic nitrogens is 2. The number of rotatable bonds is 4. The number of carbonyl (C=O) groups is 2. The number of fused-ring (bicyclic) bond motifs is 1. The summed E-state index contributed by atoms with van der Waals surface area (Å²) >= 11 is 6.24.